The molecule has 0 bridgehead atoms. The molecule has 0 saturated carbocycles. The first-order chi connectivity index (χ1) is 10.9. The zero-order valence-corrected chi connectivity index (χ0v) is 15.4. The molecule has 24 heavy (non-hydrogen) atoms. The van der Waals surface area contributed by atoms with Crippen molar-refractivity contribution < 1.29 is 4.79 Å². The third kappa shape index (κ3) is 5.57. The van der Waals surface area contributed by atoms with Crippen molar-refractivity contribution in [3.05, 3.63) is 65.7 Å². The number of amides is 1. The first kappa shape index (κ1) is 20.0. The Kier molecular flexibility index (Phi) is 7.30. The molecule has 1 unspecified atom stereocenters. The number of anilines is 1. The number of aryl methyl sites for hydroxylation is 1. The highest BCUT2D eigenvalue weighted by Gasteiger charge is 2.27. The van der Waals surface area contributed by atoms with Gasteiger partial charge in [0.15, 0.2) is 0 Å². The molecule has 0 aromatic heterocycles. The zero-order chi connectivity index (χ0) is 16.9. The molecule has 3 nitrogen and oxygen atoms in total. The standard InChI is InChI=1S/C20H26N2O.ClH/c1-20(2,3)19(16-10-5-4-6-11-16)22-18(23)14-13-15-9-7-8-12-17(15)21;/h4-12,19H,13-14,21H2,1-3H3,(H,22,23);1H. The lowest BCUT2D eigenvalue weighted by molar-refractivity contribution is -0.122. The Labute approximate surface area is 151 Å². The quantitative estimate of drug-likeness (QED) is 0.781. The minimum absolute atomic E-state index is 0. The van der Waals surface area contributed by atoms with Gasteiger partial charge in [0.05, 0.1) is 6.04 Å². The van der Waals surface area contributed by atoms with Crippen LogP contribution in [0.2, 0.25) is 0 Å². The Balaban J connectivity index is 0.00000288. The van der Waals surface area contributed by atoms with Crippen LogP contribution in [-0.2, 0) is 11.2 Å². The molecule has 0 spiro atoms. The largest absolute Gasteiger partial charge is 0.399 e. The lowest BCUT2D eigenvalue weighted by atomic mass is 9.82. The minimum Gasteiger partial charge on any atom is -0.399 e. The molecular formula is C20H27ClN2O. The molecule has 2 aromatic rings. The van der Waals surface area contributed by atoms with Crippen molar-refractivity contribution in [2.24, 2.45) is 5.41 Å². The summed E-state index contributed by atoms with van der Waals surface area (Å²) in [4.78, 5) is 12.4. The van der Waals surface area contributed by atoms with E-state index in [4.69, 9.17) is 5.73 Å². The lowest BCUT2D eigenvalue weighted by Gasteiger charge is -2.32. The van der Waals surface area contributed by atoms with Crippen molar-refractivity contribution in [1.82, 2.24) is 5.32 Å². The van der Waals surface area contributed by atoms with Crippen LogP contribution in [0.3, 0.4) is 0 Å². The van der Waals surface area contributed by atoms with Crippen LogP contribution in [0.15, 0.2) is 54.6 Å². The van der Waals surface area contributed by atoms with Gasteiger partial charge < -0.3 is 11.1 Å². The van der Waals surface area contributed by atoms with Gasteiger partial charge in [-0.15, -0.1) is 12.4 Å². The SMILES string of the molecule is CC(C)(C)C(NC(=O)CCc1ccccc1N)c1ccccc1.Cl. The van der Waals surface area contributed by atoms with Crippen molar-refractivity contribution in [3.63, 3.8) is 0 Å². The van der Waals surface area contributed by atoms with Gasteiger partial charge in [-0.2, -0.15) is 0 Å². The van der Waals surface area contributed by atoms with E-state index in [9.17, 15) is 4.79 Å². The summed E-state index contributed by atoms with van der Waals surface area (Å²) < 4.78 is 0. The predicted octanol–water partition coefficient (Wildman–Crippen LogP) is 4.53. The molecular weight excluding hydrogens is 320 g/mol. The van der Waals surface area contributed by atoms with Crippen molar-refractivity contribution >= 4 is 24.0 Å². The van der Waals surface area contributed by atoms with Crippen LogP contribution in [0.4, 0.5) is 5.69 Å². The smallest absolute Gasteiger partial charge is 0.220 e. The van der Waals surface area contributed by atoms with E-state index >= 15 is 0 Å². The van der Waals surface area contributed by atoms with Crippen LogP contribution < -0.4 is 11.1 Å². The molecule has 0 heterocycles. The van der Waals surface area contributed by atoms with E-state index in [1.165, 1.54) is 0 Å². The number of halogens is 1. The monoisotopic (exact) mass is 346 g/mol. The summed E-state index contributed by atoms with van der Waals surface area (Å²) in [6.07, 6.45) is 1.10. The maximum Gasteiger partial charge on any atom is 0.220 e. The number of nitrogens with two attached hydrogens (primary N) is 1. The Morgan fingerprint density at radius 3 is 2.21 bits per heavy atom. The lowest BCUT2D eigenvalue weighted by Crippen LogP contribution is -2.36. The van der Waals surface area contributed by atoms with E-state index in [0.717, 1.165) is 16.8 Å². The number of nitrogen functional groups attached to an aromatic ring is 1. The van der Waals surface area contributed by atoms with Gasteiger partial charge in [0.1, 0.15) is 0 Å². The first-order valence-corrected chi connectivity index (χ1v) is 8.05. The normalized spacial score (nSPS) is 12.1. The Bertz CT molecular complexity index is 650. The number of carbonyl (C=O) groups excluding carboxylic acids is 1. The van der Waals surface area contributed by atoms with Gasteiger partial charge in [-0.05, 0) is 29.0 Å². The van der Waals surface area contributed by atoms with Crippen LogP contribution in [0, 0.1) is 5.41 Å². The van der Waals surface area contributed by atoms with Crippen LogP contribution >= 0.6 is 12.4 Å². The second kappa shape index (κ2) is 8.74. The summed E-state index contributed by atoms with van der Waals surface area (Å²) in [5.74, 6) is 0.0528. The summed E-state index contributed by atoms with van der Waals surface area (Å²) in [5, 5.41) is 3.18. The van der Waals surface area contributed by atoms with Crippen molar-refractivity contribution in [2.45, 2.75) is 39.7 Å². The van der Waals surface area contributed by atoms with Crippen LogP contribution in [-0.4, -0.2) is 5.91 Å². The highest BCUT2D eigenvalue weighted by atomic mass is 35.5. The Hall–Kier alpha value is -2.00. The number of rotatable bonds is 5. The molecule has 0 aliphatic rings. The molecule has 3 N–H and O–H groups in total. The third-order valence-electron chi connectivity index (χ3n) is 3.98. The maximum absolute atomic E-state index is 12.4. The number of carbonyl (C=O) groups is 1. The van der Waals surface area contributed by atoms with E-state index in [-0.39, 0.29) is 29.8 Å². The average molecular weight is 347 g/mol. The van der Waals surface area contributed by atoms with Crippen molar-refractivity contribution in [1.29, 1.82) is 0 Å². The van der Waals surface area contributed by atoms with Crippen LogP contribution in [0.25, 0.3) is 0 Å². The molecule has 4 heteroatoms. The van der Waals surface area contributed by atoms with Crippen molar-refractivity contribution in [3.8, 4) is 0 Å². The van der Waals surface area contributed by atoms with Crippen molar-refractivity contribution in [2.75, 3.05) is 5.73 Å². The number of para-hydroxylation sites is 1. The summed E-state index contributed by atoms with van der Waals surface area (Å²) in [7, 11) is 0. The fourth-order valence-corrected chi connectivity index (χ4v) is 2.69. The first-order valence-electron chi connectivity index (χ1n) is 8.05. The fraction of sp³-hybridized carbons (Fsp3) is 0.350. The third-order valence-corrected chi connectivity index (χ3v) is 3.98. The number of nitrogens with one attached hydrogen (secondary N) is 1. The molecule has 2 rings (SSSR count). The molecule has 0 aliphatic heterocycles. The van der Waals surface area contributed by atoms with E-state index < -0.39 is 0 Å². The fourth-order valence-electron chi connectivity index (χ4n) is 2.69. The second-order valence-corrected chi connectivity index (χ2v) is 6.98. The van der Waals surface area contributed by atoms with Gasteiger partial charge in [0.25, 0.3) is 0 Å². The van der Waals surface area contributed by atoms with Gasteiger partial charge in [-0.3, -0.25) is 4.79 Å². The molecule has 0 saturated heterocycles. The minimum atomic E-state index is -0.0528. The van der Waals surface area contributed by atoms with E-state index in [0.29, 0.717) is 12.8 Å². The highest BCUT2D eigenvalue weighted by Crippen LogP contribution is 2.32. The van der Waals surface area contributed by atoms with Crippen LogP contribution in [0.5, 0.6) is 0 Å². The van der Waals surface area contributed by atoms with Gasteiger partial charge >= 0.3 is 0 Å². The summed E-state index contributed by atoms with van der Waals surface area (Å²) in [6, 6.07) is 17.8. The Morgan fingerprint density at radius 1 is 1.04 bits per heavy atom. The van der Waals surface area contributed by atoms with E-state index in [1.54, 1.807) is 0 Å². The molecule has 0 radical (unpaired) electrons. The maximum atomic E-state index is 12.4. The average Bonchev–Trinajstić information content (AvgIpc) is 2.51. The predicted molar refractivity (Wildman–Crippen MR) is 103 cm³/mol. The van der Waals surface area contributed by atoms with Crippen LogP contribution in [0.1, 0.15) is 44.4 Å². The van der Waals surface area contributed by atoms with E-state index in [1.807, 2.05) is 42.5 Å². The molecule has 0 aliphatic carbocycles. The van der Waals surface area contributed by atoms with Gasteiger partial charge in [0.2, 0.25) is 5.91 Å². The number of hydrogen-bond donors (Lipinski definition) is 2. The summed E-state index contributed by atoms with van der Waals surface area (Å²) >= 11 is 0. The molecule has 130 valence electrons. The topological polar surface area (TPSA) is 55.1 Å². The van der Waals surface area contributed by atoms with Gasteiger partial charge in [-0.1, -0.05) is 69.3 Å². The van der Waals surface area contributed by atoms with Gasteiger partial charge in [0, 0.05) is 12.1 Å². The Morgan fingerprint density at radius 2 is 1.62 bits per heavy atom. The summed E-state index contributed by atoms with van der Waals surface area (Å²) in [6.45, 7) is 6.42. The molecule has 0 fully saturated rings. The molecule has 1 amide bonds. The number of hydrogen-bond acceptors (Lipinski definition) is 2. The van der Waals surface area contributed by atoms with E-state index in [2.05, 4.69) is 38.2 Å². The second-order valence-electron chi connectivity index (χ2n) is 6.98. The number of benzene rings is 2. The summed E-state index contributed by atoms with van der Waals surface area (Å²) in [5.41, 5.74) is 8.78. The highest BCUT2D eigenvalue weighted by molar-refractivity contribution is 5.85. The zero-order valence-electron chi connectivity index (χ0n) is 14.6. The molecule has 2 aromatic carbocycles. The molecule has 1 atom stereocenters. The van der Waals surface area contributed by atoms with Gasteiger partial charge in [-0.25, -0.2) is 0 Å².